The Balaban J connectivity index is 1.74. The average molecular weight is 296 g/mol. The van der Waals surface area contributed by atoms with Crippen molar-refractivity contribution >= 4 is 17.9 Å². The summed E-state index contributed by atoms with van der Waals surface area (Å²) < 4.78 is 5.00. The number of hydrogen-bond acceptors (Lipinski definition) is 4. The van der Waals surface area contributed by atoms with Crippen molar-refractivity contribution in [3.05, 3.63) is 60.2 Å². The molecule has 5 heteroatoms. The Morgan fingerprint density at radius 1 is 1.00 bits per heavy atom. The van der Waals surface area contributed by atoms with Crippen LogP contribution < -0.4 is 4.72 Å². The summed E-state index contributed by atoms with van der Waals surface area (Å²) in [7, 11) is 1.89. The van der Waals surface area contributed by atoms with E-state index < -0.39 is 0 Å². The maximum atomic E-state index is 4.53. The molecule has 2 aromatic carbocycles. The molecule has 4 nitrogen and oxygen atoms in total. The van der Waals surface area contributed by atoms with Crippen LogP contribution in [-0.2, 0) is 7.05 Å². The molecule has 0 saturated carbocycles. The van der Waals surface area contributed by atoms with Crippen LogP contribution in [0.3, 0.4) is 0 Å². The van der Waals surface area contributed by atoms with Crippen LogP contribution >= 0.6 is 11.9 Å². The van der Waals surface area contributed by atoms with Gasteiger partial charge in [-0.05, 0) is 31.0 Å². The zero-order valence-electron chi connectivity index (χ0n) is 11.9. The van der Waals surface area contributed by atoms with Gasteiger partial charge in [0.05, 0.1) is 0 Å². The molecule has 3 aromatic rings. The molecule has 0 amide bonds. The van der Waals surface area contributed by atoms with Crippen LogP contribution in [0.15, 0.2) is 59.5 Å². The zero-order valence-corrected chi connectivity index (χ0v) is 12.8. The number of anilines is 1. The zero-order chi connectivity index (χ0) is 14.7. The van der Waals surface area contributed by atoms with Crippen LogP contribution in [0.2, 0.25) is 0 Å². The normalized spacial score (nSPS) is 10.6. The minimum Gasteiger partial charge on any atom is -0.294 e. The van der Waals surface area contributed by atoms with Gasteiger partial charge in [0.25, 0.3) is 0 Å². The van der Waals surface area contributed by atoms with E-state index in [0.717, 1.165) is 22.2 Å². The first-order valence-electron chi connectivity index (χ1n) is 6.68. The van der Waals surface area contributed by atoms with E-state index in [1.165, 1.54) is 17.5 Å². The molecule has 3 rings (SSSR count). The van der Waals surface area contributed by atoms with Crippen molar-refractivity contribution in [2.75, 3.05) is 4.72 Å². The third-order valence-corrected chi connectivity index (χ3v) is 3.87. The van der Waals surface area contributed by atoms with Gasteiger partial charge in [-0.3, -0.25) is 4.72 Å². The maximum Gasteiger partial charge on any atom is 0.231 e. The SMILES string of the molecule is Cc1ccc(SNc2nc(-c3ccccc3)nn2C)cc1. The monoisotopic (exact) mass is 296 g/mol. The Morgan fingerprint density at radius 2 is 1.71 bits per heavy atom. The molecule has 0 spiro atoms. The van der Waals surface area contributed by atoms with E-state index in [1.807, 2.05) is 37.4 Å². The molecular weight excluding hydrogens is 280 g/mol. The van der Waals surface area contributed by atoms with Crippen LogP contribution in [0.4, 0.5) is 5.95 Å². The smallest absolute Gasteiger partial charge is 0.231 e. The Hall–Kier alpha value is -2.27. The molecular formula is C16H16N4S. The van der Waals surface area contributed by atoms with Crippen molar-refractivity contribution < 1.29 is 0 Å². The lowest BCUT2D eigenvalue weighted by molar-refractivity contribution is 0.781. The van der Waals surface area contributed by atoms with Gasteiger partial charge in [0, 0.05) is 17.5 Å². The maximum absolute atomic E-state index is 4.53. The third-order valence-electron chi connectivity index (χ3n) is 3.08. The number of hydrogen-bond donors (Lipinski definition) is 1. The molecule has 0 bridgehead atoms. The van der Waals surface area contributed by atoms with Crippen molar-refractivity contribution in [3.63, 3.8) is 0 Å². The molecule has 0 aliphatic heterocycles. The quantitative estimate of drug-likeness (QED) is 0.741. The number of rotatable bonds is 4. The Kier molecular flexibility index (Phi) is 3.92. The van der Waals surface area contributed by atoms with E-state index >= 15 is 0 Å². The topological polar surface area (TPSA) is 42.7 Å². The van der Waals surface area contributed by atoms with Crippen molar-refractivity contribution in [1.82, 2.24) is 14.8 Å². The lowest BCUT2D eigenvalue weighted by Crippen LogP contribution is -1.98. The first kappa shape index (κ1) is 13.7. The van der Waals surface area contributed by atoms with Gasteiger partial charge in [0.2, 0.25) is 5.95 Å². The summed E-state index contributed by atoms with van der Waals surface area (Å²) in [6.07, 6.45) is 0. The first-order chi connectivity index (χ1) is 10.2. The Bertz CT molecular complexity index is 720. The van der Waals surface area contributed by atoms with E-state index in [4.69, 9.17) is 0 Å². The summed E-state index contributed by atoms with van der Waals surface area (Å²) in [5.41, 5.74) is 2.27. The molecule has 0 fully saturated rings. The lowest BCUT2D eigenvalue weighted by Gasteiger charge is -2.03. The Morgan fingerprint density at radius 3 is 2.43 bits per heavy atom. The number of benzene rings is 2. The number of nitrogens with zero attached hydrogens (tertiary/aromatic N) is 3. The molecule has 0 atom stereocenters. The molecule has 1 heterocycles. The van der Waals surface area contributed by atoms with Crippen molar-refractivity contribution in [2.24, 2.45) is 7.05 Å². The highest BCUT2D eigenvalue weighted by molar-refractivity contribution is 8.00. The van der Waals surface area contributed by atoms with E-state index in [1.54, 1.807) is 4.68 Å². The van der Waals surface area contributed by atoms with Gasteiger partial charge in [0.1, 0.15) is 0 Å². The van der Waals surface area contributed by atoms with Gasteiger partial charge in [-0.1, -0.05) is 48.0 Å². The second-order valence-electron chi connectivity index (χ2n) is 4.77. The Labute approximate surface area is 128 Å². The molecule has 21 heavy (non-hydrogen) atoms. The van der Waals surface area contributed by atoms with E-state index in [0.29, 0.717) is 0 Å². The first-order valence-corrected chi connectivity index (χ1v) is 7.50. The molecule has 0 aliphatic carbocycles. The molecule has 0 radical (unpaired) electrons. The van der Waals surface area contributed by atoms with Crippen molar-refractivity contribution in [2.45, 2.75) is 11.8 Å². The molecule has 106 valence electrons. The van der Waals surface area contributed by atoms with E-state index in [-0.39, 0.29) is 0 Å². The van der Waals surface area contributed by atoms with Gasteiger partial charge in [-0.2, -0.15) is 4.98 Å². The van der Waals surface area contributed by atoms with Crippen molar-refractivity contribution in [1.29, 1.82) is 0 Å². The highest BCUT2D eigenvalue weighted by Gasteiger charge is 2.08. The molecule has 1 aromatic heterocycles. The van der Waals surface area contributed by atoms with Gasteiger partial charge in [0.15, 0.2) is 5.82 Å². The predicted octanol–water partition coefficient (Wildman–Crippen LogP) is 3.91. The molecule has 1 N–H and O–H groups in total. The standard InChI is InChI=1S/C16H16N4S/c1-12-8-10-14(11-9-12)21-19-16-17-15(18-20(16)2)13-6-4-3-5-7-13/h3-11H,1-2H3,(H,17,18,19). The summed E-state index contributed by atoms with van der Waals surface area (Å²) in [5.74, 6) is 1.46. The van der Waals surface area contributed by atoms with Crippen LogP contribution in [0.25, 0.3) is 11.4 Å². The van der Waals surface area contributed by atoms with Crippen molar-refractivity contribution in [3.8, 4) is 11.4 Å². The van der Waals surface area contributed by atoms with E-state index in [2.05, 4.69) is 46.0 Å². The average Bonchev–Trinajstić information content (AvgIpc) is 2.89. The van der Waals surface area contributed by atoms with Crippen LogP contribution in [0.5, 0.6) is 0 Å². The highest BCUT2D eigenvalue weighted by atomic mass is 32.2. The number of aromatic nitrogens is 3. The number of aryl methyl sites for hydroxylation is 2. The molecule has 0 aliphatic rings. The summed E-state index contributed by atoms with van der Waals surface area (Å²) >= 11 is 1.53. The molecule has 0 saturated heterocycles. The predicted molar refractivity (Wildman–Crippen MR) is 87.1 cm³/mol. The minimum absolute atomic E-state index is 0.727. The van der Waals surface area contributed by atoms with Crippen LogP contribution in [0.1, 0.15) is 5.56 Å². The summed E-state index contributed by atoms with van der Waals surface area (Å²) in [6, 6.07) is 18.3. The summed E-state index contributed by atoms with van der Waals surface area (Å²) in [6.45, 7) is 2.08. The van der Waals surface area contributed by atoms with Gasteiger partial charge in [-0.25, -0.2) is 4.68 Å². The van der Waals surface area contributed by atoms with Gasteiger partial charge >= 0.3 is 0 Å². The second kappa shape index (κ2) is 6.01. The summed E-state index contributed by atoms with van der Waals surface area (Å²) in [5, 5.41) is 4.44. The summed E-state index contributed by atoms with van der Waals surface area (Å²) in [4.78, 5) is 5.68. The number of nitrogens with one attached hydrogen (secondary N) is 1. The third kappa shape index (κ3) is 3.25. The van der Waals surface area contributed by atoms with Gasteiger partial charge < -0.3 is 0 Å². The second-order valence-corrected chi connectivity index (χ2v) is 5.65. The highest BCUT2D eigenvalue weighted by Crippen LogP contribution is 2.22. The molecule has 0 unspecified atom stereocenters. The van der Waals surface area contributed by atoms with Crippen LogP contribution in [0, 0.1) is 6.92 Å². The lowest BCUT2D eigenvalue weighted by atomic mass is 10.2. The fourth-order valence-electron chi connectivity index (χ4n) is 1.89. The van der Waals surface area contributed by atoms with Gasteiger partial charge in [-0.15, -0.1) is 5.10 Å². The van der Waals surface area contributed by atoms with Crippen LogP contribution in [-0.4, -0.2) is 14.8 Å². The fraction of sp³-hybridized carbons (Fsp3) is 0.125. The van der Waals surface area contributed by atoms with E-state index in [9.17, 15) is 0 Å². The fourth-order valence-corrected chi connectivity index (χ4v) is 2.55. The minimum atomic E-state index is 0.727. The largest absolute Gasteiger partial charge is 0.294 e.